The fourth-order valence-corrected chi connectivity index (χ4v) is 2.17. The second-order valence-corrected chi connectivity index (χ2v) is 5.05. The highest BCUT2D eigenvalue weighted by Crippen LogP contribution is 2.48. The summed E-state index contributed by atoms with van der Waals surface area (Å²) in [5, 5.41) is 3.53. The molecule has 108 valence electrons. The molecule has 1 aliphatic rings. The van der Waals surface area contributed by atoms with E-state index >= 15 is 0 Å². The molecule has 0 aromatic carbocycles. The van der Waals surface area contributed by atoms with Gasteiger partial charge in [-0.1, -0.05) is 0 Å². The Labute approximate surface area is 111 Å². The zero-order valence-corrected chi connectivity index (χ0v) is 12.2. The number of nitrogens with one attached hydrogen (secondary N) is 1. The van der Waals surface area contributed by atoms with E-state index in [9.17, 15) is 0 Å². The van der Waals surface area contributed by atoms with Crippen molar-refractivity contribution in [1.82, 2.24) is 5.32 Å². The summed E-state index contributed by atoms with van der Waals surface area (Å²) in [5.41, 5.74) is 0.517. The van der Waals surface area contributed by atoms with Gasteiger partial charge in [-0.25, -0.2) is 0 Å². The second-order valence-electron chi connectivity index (χ2n) is 5.05. The monoisotopic (exact) mass is 259 g/mol. The Balaban J connectivity index is 2.06. The summed E-state index contributed by atoms with van der Waals surface area (Å²) in [4.78, 5) is 0. The average Bonchev–Trinajstić information content (AvgIpc) is 3.13. The Bertz CT molecular complexity index is 201. The molecule has 4 nitrogen and oxygen atoms in total. The molecule has 18 heavy (non-hydrogen) atoms. The summed E-state index contributed by atoms with van der Waals surface area (Å²) < 4.78 is 16.2. The minimum Gasteiger partial charge on any atom is -0.385 e. The van der Waals surface area contributed by atoms with Gasteiger partial charge in [0.05, 0.1) is 0 Å². The van der Waals surface area contributed by atoms with Gasteiger partial charge in [0, 0.05) is 39.9 Å². The van der Waals surface area contributed by atoms with Crippen LogP contribution in [0.5, 0.6) is 0 Å². The first kappa shape index (κ1) is 15.9. The van der Waals surface area contributed by atoms with Gasteiger partial charge in [-0.2, -0.15) is 0 Å². The van der Waals surface area contributed by atoms with E-state index < -0.39 is 0 Å². The number of hydrogen-bond acceptors (Lipinski definition) is 4. The first-order chi connectivity index (χ1) is 8.76. The molecule has 0 unspecified atom stereocenters. The van der Waals surface area contributed by atoms with Crippen LogP contribution in [0.4, 0.5) is 0 Å². The van der Waals surface area contributed by atoms with Crippen molar-refractivity contribution < 1.29 is 14.2 Å². The van der Waals surface area contributed by atoms with Crippen LogP contribution in [-0.2, 0) is 14.2 Å². The van der Waals surface area contributed by atoms with Crippen molar-refractivity contribution in [3.63, 3.8) is 0 Å². The fourth-order valence-electron chi connectivity index (χ4n) is 2.17. The van der Waals surface area contributed by atoms with Gasteiger partial charge in [-0.05, 0) is 45.1 Å². The lowest BCUT2D eigenvalue weighted by molar-refractivity contribution is -0.138. The van der Waals surface area contributed by atoms with Crippen molar-refractivity contribution in [3.05, 3.63) is 0 Å². The van der Waals surface area contributed by atoms with Crippen LogP contribution in [0.2, 0.25) is 0 Å². The molecule has 1 fully saturated rings. The summed E-state index contributed by atoms with van der Waals surface area (Å²) in [6.45, 7) is 8.36. The minimum atomic E-state index is -0.0540. The molecule has 4 heteroatoms. The van der Waals surface area contributed by atoms with E-state index in [1.54, 1.807) is 7.11 Å². The van der Waals surface area contributed by atoms with Gasteiger partial charge in [-0.15, -0.1) is 0 Å². The fraction of sp³-hybridized carbons (Fsp3) is 1.00. The van der Waals surface area contributed by atoms with Crippen molar-refractivity contribution >= 4 is 0 Å². The Morgan fingerprint density at radius 1 is 1.17 bits per heavy atom. The molecule has 0 aromatic heterocycles. The summed E-state index contributed by atoms with van der Waals surface area (Å²) in [5.74, 6) is 0. The van der Waals surface area contributed by atoms with Gasteiger partial charge in [-0.3, -0.25) is 0 Å². The third-order valence-electron chi connectivity index (χ3n) is 3.56. The summed E-state index contributed by atoms with van der Waals surface area (Å²) in [6.07, 6.45) is 4.72. The van der Waals surface area contributed by atoms with E-state index in [2.05, 4.69) is 5.32 Å². The Morgan fingerprint density at radius 2 is 1.83 bits per heavy atom. The molecule has 0 heterocycles. The van der Waals surface area contributed by atoms with Crippen LogP contribution in [0.1, 0.15) is 39.5 Å². The van der Waals surface area contributed by atoms with Crippen LogP contribution in [-0.4, -0.2) is 46.3 Å². The lowest BCUT2D eigenvalue weighted by atomic mass is 10.0. The zero-order valence-electron chi connectivity index (χ0n) is 12.2. The van der Waals surface area contributed by atoms with Crippen LogP contribution in [0.3, 0.4) is 0 Å². The van der Waals surface area contributed by atoms with Crippen molar-refractivity contribution in [3.8, 4) is 0 Å². The van der Waals surface area contributed by atoms with Crippen LogP contribution < -0.4 is 5.32 Å². The predicted octanol–water partition coefficient (Wildman–Crippen LogP) is 2.18. The number of rotatable bonds is 12. The van der Waals surface area contributed by atoms with Crippen LogP contribution in [0.25, 0.3) is 0 Å². The van der Waals surface area contributed by atoms with Crippen molar-refractivity contribution in [2.45, 2.75) is 45.8 Å². The summed E-state index contributed by atoms with van der Waals surface area (Å²) in [6, 6.07) is 0. The molecule has 1 aliphatic carbocycles. The zero-order chi connectivity index (χ0) is 13.3. The molecule has 0 aliphatic heterocycles. The van der Waals surface area contributed by atoms with Crippen LogP contribution >= 0.6 is 0 Å². The molecule has 0 bridgehead atoms. The highest BCUT2D eigenvalue weighted by atomic mass is 16.7. The average molecular weight is 259 g/mol. The molecule has 1 saturated carbocycles. The smallest absolute Gasteiger partial charge is 0.158 e. The third-order valence-corrected chi connectivity index (χ3v) is 3.56. The highest BCUT2D eigenvalue weighted by molar-refractivity contribution is 4.94. The van der Waals surface area contributed by atoms with Crippen LogP contribution in [0.15, 0.2) is 0 Å². The van der Waals surface area contributed by atoms with Crippen LogP contribution in [0, 0.1) is 5.41 Å². The molecule has 0 amide bonds. The highest BCUT2D eigenvalue weighted by Gasteiger charge is 2.41. The van der Waals surface area contributed by atoms with Gasteiger partial charge in [0.25, 0.3) is 0 Å². The van der Waals surface area contributed by atoms with E-state index in [0.717, 1.165) is 26.1 Å². The first-order valence-corrected chi connectivity index (χ1v) is 7.19. The van der Waals surface area contributed by atoms with Gasteiger partial charge < -0.3 is 19.5 Å². The molecule has 1 N–H and O–H groups in total. The van der Waals surface area contributed by atoms with E-state index in [-0.39, 0.29) is 6.29 Å². The Kier molecular flexibility index (Phi) is 7.82. The van der Waals surface area contributed by atoms with Crippen molar-refractivity contribution in [2.24, 2.45) is 5.41 Å². The minimum absolute atomic E-state index is 0.0540. The predicted molar refractivity (Wildman–Crippen MR) is 72.7 cm³/mol. The van der Waals surface area contributed by atoms with Gasteiger partial charge in [0.15, 0.2) is 6.29 Å². The third kappa shape index (κ3) is 6.14. The summed E-state index contributed by atoms with van der Waals surface area (Å²) in [7, 11) is 1.78. The molecule has 0 atom stereocenters. The molecule has 0 radical (unpaired) electrons. The molecule has 0 saturated heterocycles. The Hall–Kier alpha value is -0.160. The van der Waals surface area contributed by atoms with E-state index in [1.165, 1.54) is 19.3 Å². The maximum Gasteiger partial charge on any atom is 0.158 e. The summed E-state index contributed by atoms with van der Waals surface area (Å²) >= 11 is 0. The van der Waals surface area contributed by atoms with E-state index in [1.807, 2.05) is 13.8 Å². The normalized spacial score (nSPS) is 17.3. The van der Waals surface area contributed by atoms with Crippen molar-refractivity contribution in [1.29, 1.82) is 0 Å². The van der Waals surface area contributed by atoms with Crippen molar-refractivity contribution in [2.75, 3.05) is 40.0 Å². The maximum absolute atomic E-state index is 5.51. The van der Waals surface area contributed by atoms with E-state index in [0.29, 0.717) is 18.6 Å². The van der Waals surface area contributed by atoms with E-state index in [4.69, 9.17) is 14.2 Å². The topological polar surface area (TPSA) is 39.7 Å². The molecular formula is C14H29NO3. The van der Waals surface area contributed by atoms with Gasteiger partial charge in [0.1, 0.15) is 0 Å². The standard InChI is InChI=1S/C14H29NO3/c1-4-17-13(18-5-2)6-10-15-12-14(7-8-14)9-11-16-3/h13,15H,4-12H2,1-3H3. The lowest BCUT2D eigenvalue weighted by Crippen LogP contribution is -2.29. The second kappa shape index (κ2) is 8.86. The quantitative estimate of drug-likeness (QED) is 0.431. The number of hydrogen-bond donors (Lipinski definition) is 1. The lowest BCUT2D eigenvalue weighted by Gasteiger charge is -2.19. The largest absolute Gasteiger partial charge is 0.385 e. The molecule has 0 aromatic rings. The Morgan fingerprint density at radius 3 is 2.33 bits per heavy atom. The molecular weight excluding hydrogens is 230 g/mol. The molecule has 1 rings (SSSR count). The molecule has 0 spiro atoms. The maximum atomic E-state index is 5.51. The number of ether oxygens (including phenoxy) is 3. The van der Waals surface area contributed by atoms with Gasteiger partial charge in [0.2, 0.25) is 0 Å². The van der Waals surface area contributed by atoms with Gasteiger partial charge >= 0.3 is 0 Å². The number of methoxy groups -OCH3 is 1. The first-order valence-electron chi connectivity index (χ1n) is 7.19. The SMILES string of the molecule is CCOC(CCNCC1(CCOC)CC1)OCC.